The lowest BCUT2D eigenvalue weighted by Gasteiger charge is -2.32. The summed E-state index contributed by atoms with van der Waals surface area (Å²) in [4.78, 5) is 24.8. The number of amides is 1. The van der Waals surface area contributed by atoms with Gasteiger partial charge in [-0.1, -0.05) is 12.1 Å². The molecule has 0 aromatic heterocycles. The number of anilines is 1. The van der Waals surface area contributed by atoms with Crippen LogP contribution in [0, 0.1) is 16.0 Å². The summed E-state index contributed by atoms with van der Waals surface area (Å²) >= 11 is 0. The van der Waals surface area contributed by atoms with E-state index in [1.165, 1.54) is 18.9 Å². The van der Waals surface area contributed by atoms with Crippen LogP contribution in [0.2, 0.25) is 0 Å². The van der Waals surface area contributed by atoms with Crippen LogP contribution in [0.5, 0.6) is 0 Å². The number of nitrogens with one attached hydrogen (secondary N) is 2. The Hall–Kier alpha value is -2.15. The van der Waals surface area contributed by atoms with E-state index in [-0.39, 0.29) is 11.6 Å². The van der Waals surface area contributed by atoms with Gasteiger partial charge >= 0.3 is 0 Å². The van der Waals surface area contributed by atoms with E-state index in [1.54, 1.807) is 18.2 Å². The molecule has 1 aromatic carbocycles. The summed E-state index contributed by atoms with van der Waals surface area (Å²) in [5.74, 6) is 1.000. The predicted octanol–water partition coefficient (Wildman–Crippen LogP) is 2.39. The Balaban J connectivity index is 1.37. The third-order valence-electron chi connectivity index (χ3n) is 4.99. The van der Waals surface area contributed by atoms with E-state index in [0.29, 0.717) is 24.7 Å². The number of rotatable bonds is 8. The van der Waals surface area contributed by atoms with Gasteiger partial charge in [0.2, 0.25) is 5.91 Å². The molecule has 2 aliphatic rings. The first kappa shape index (κ1) is 17.7. The van der Waals surface area contributed by atoms with E-state index in [9.17, 15) is 14.9 Å². The molecular formula is C18H26N4O3. The number of nitro benzene ring substituents is 1. The van der Waals surface area contributed by atoms with Gasteiger partial charge in [0, 0.05) is 38.2 Å². The molecule has 2 fully saturated rings. The number of para-hydroxylation sites is 2. The number of benzene rings is 1. The van der Waals surface area contributed by atoms with E-state index in [4.69, 9.17) is 0 Å². The summed E-state index contributed by atoms with van der Waals surface area (Å²) in [6.45, 7) is 3.13. The molecule has 1 saturated heterocycles. The lowest BCUT2D eigenvalue weighted by Crippen LogP contribution is -2.45. The maximum atomic E-state index is 12.3. The Kier molecular flexibility index (Phi) is 5.86. The van der Waals surface area contributed by atoms with Gasteiger partial charge in [-0.3, -0.25) is 14.9 Å². The smallest absolute Gasteiger partial charge is 0.292 e. The molecule has 0 bridgehead atoms. The van der Waals surface area contributed by atoms with Crippen molar-refractivity contribution >= 4 is 17.3 Å². The molecule has 3 rings (SSSR count). The molecule has 1 aliphatic heterocycles. The molecule has 0 spiro atoms. The van der Waals surface area contributed by atoms with Crippen molar-refractivity contribution in [1.29, 1.82) is 0 Å². The molecule has 7 nitrogen and oxygen atoms in total. The monoisotopic (exact) mass is 346 g/mol. The number of carbonyl (C=O) groups excluding carboxylic acids is 1. The highest BCUT2D eigenvalue weighted by Crippen LogP contribution is 2.28. The summed E-state index contributed by atoms with van der Waals surface area (Å²) in [7, 11) is 0. The van der Waals surface area contributed by atoms with E-state index in [0.717, 1.165) is 38.4 Å². The Labute approximate surface area is 147 Å². The van der Waals surface area contributed by atoms with E-state index < -0.39 is 4.92 Å². The SMILES string of the molecule is O=C(CCNc1ccccc1[N+](=O)[O-])N1CCC(NCC2CC2)CC1. The first-order chi connectivity index (χ1) is 12.1. The van der Waals surface area contributed by atoms with Gasteiger partial charge < -0.3 is 15.5 Å². The van der Waals surface area contributed by atoms with Gasteiger partial charge in [0.1, 0.15) is 5.69 Å². The quantitative estimate of drug-likeness (QED) is 0.557. The van der Waals surface area contributed by atoms with Crippen LogP contribution in [-0.2, 0) is 4.79 Å². The van der Waals surface area contributed by atoms with E-state index >= 15 is 0 Å². The molecule has 25 heavy (non-hydrogen) atoms. The minimum absolute atomic E-state index is 0.0394. The van der Waals surface area contributed by atoms with Crippen molar-refractivity contribution in [2.45, 2.75) is 38.1 Å². The van der Waals surface area contributed by atoms with Crippen LogP contribution >= 0.6 is 0 Å². The molecule has 1 saturated carbocycles. The van der Waals surface area contributed by atoms with E-state index in [1.807, 2.05) is 4.90 Å². The fourth-order valence-electron chi connectivity index (χ4n) is 3.23. The van der Waals surface area contributed by atoms with Crippen molar-refractivity contribution in [2.24, 2.45) is 5.92 Å². The molecule has 0 unspecified atom stereocenters. The zero-order valence-electron chi connectivity index (χ0n) is 14.4. The molecule has 2 N–H and O–H groups in total. The van der Waals surface area contributed by atoms with Crippen molar-refractivity contribution in [1.82, 2.24) is 10.2 Å². The average Bonchev–Trinajstić information content (AvgIpc) is 3.45. The molecular weight excluding hydrogens is 320 g/mol. The van der Waals surface area contributed by atoms with Crippen molar-refractivity contribution in [3.63, 3.8) is 0 Å². The third kappa shape index (κ3) is 5.16. The summed E-state index contributed by atoms with van der Waals surface area (Å²) in [5.41, 5.74) is 0.501. The molecule has 1 aromatic rings. The second-order valence-corrected chi connectivity index (χ2v) is 6.96. The molecule has 1 amide bonds. The van der Waals surface area contributed by atoms with Gasteiger partial charge in [-0.2, -0.15) is 0 Å². The summed E-state index contributed by atoms with van der Waals surface area (Å²) in [6.07, 6.45) is 5.09. The van der Waals surface area contributed by atoms with Crippen LogP contribution in [0.3, 0.4) is 0 Å². The topological polar surface area (TPSA) is 87.5 Å². The first-order valence-corrected chi connectivity index (χ1v) is 9.12. The minimum atomic E-state index is -0.413. The number of nitro groups is 1. The van der Waals surface area contributed by atoms with Crippen LogP contribution < -0.4 is 10.6 Å². The van der Waals surface area contributed by atoms with Crippen LogP contribution in [0.4, 0.5) is 11.4 Å². The molecule has 0 atom stereocenters. The number of nitrogens with zero attached hydrogens (tertiary/aromatic N) is 2. The Morgan fingerprint density at radius 2 is 1.92 bits per heavy atom. The summed E-state index contributed by atoms with van der Waals surface area (Å²) < 4.78 is 0. The first-order valence-electron chi connectivity index (χ1n) is 9.12. The number of hydrogen-bond donors (Lipinski definition) is 2. The van der Waals surface area contributed by atoms with Gasteiger partial charge in [0.25, 0.3) is 5.69 Å². The van der Waals surface area contributed by atoms with Crippen molar-refractivity contribution in [2.75, 3.05) is 31.5 Å². The zero-order chi connectivity index (χ0) is 17.6. The molecule has 136 valence electrons. The fraction of sp³-hybridized carbons (Fsp3) is 0.611. The third-order valence-corrected chi connectivity index (χ3v) is 4.99. The number of carbonyl (C=O) groups is 1. The second kappa shape index (κ2) is 8.29. The van der Waals surface area contributed by atoms with Gasteiger partial charge in [-0.05, 0) is 44.2 Å². The summed E-state index contributed by atoms with van der Waals surface area (Å²) in [5, 5.41) is 17.6. The Morgan fingerprint density at radius 3 is 2.60 bits per heavy atom. The lowest BCUT2D eigenvalue weighted by atomic mass is 10.0. The minimum Gasteiger partial charge on any atom is -0.379 e. The standard InChI is InChI=1S/C18H26N4O3/c23-18(7-10-19-16-3-1-2-4-17(16)22(24)25)21-11-8-15(9-12-21)20-13-14-5-6-14/h1-4,14-15,19-20H,5-13H2. The predicted molar refractivity (Wildman–Crippen MR) is 96.5 cm³/mol. The van der Waals surface area contributed by atoms with Crippen LogP contribution in [0.15, 0.2) is 24.3 Å². The molecule has 1 heterocycles. The number of piperidine rings is 1. The largest absolute Gasteiger partial charge is 0.379 e. The Bertz CT molecular complexity index is 610. The number of likely N-dealkylation sites (tertiary alicyclic amines) is 1. The van der Waals surface area contributed by atoms with Gasteiger partial charge in [-0.25, -0.2) is 0 Å². The van der Waals surface area contributed by atoms with E-state index in [2.05, 4.69) is 10.6 Å². The lowest BCUT2D eigenvalue weighted by molar-refractivity contribution is -0.384. The van der Waals surface area contributed by atoms with Gasteiger partial charge in [-0.15, -0.1) is 0 Å². The van der Waals surface area contributed by atoms with Crippen LogP contribution in [0.25, 0.3) is 0 Å². The molecule has 7 heteroatoms. The second-order valence-electron chi connectivity index (χ2n) is 6.96. The van der Waals surface area contributed by atoms with Crippen molar-refractivity contribution in [3.8, 4) is 0 Å². The highest BCUT2D eigenvalue weighted by molar-refractivity contribution is 5.77. The van der Waals surface area contributed by atoms with Gasteiger partial charge in [0.05, 0.1) is 4.92 Å². The molecule has 1 aliphatic carbocycles. The highest BCUT2D eigenvalue weighted by atomic mass is 16.6. The van der Waals surface area contributed by atoms with Crippen LogP contribution in [-0.4, -0.2) is 48.0 Å². The molecule has 0 radical (unpaired) electrons. The Morgan fingerprint density at radius 1 is 1.20 bits per heavy atom. The highest BCUT2D eigenvalue weighted by Gasteiger charge is 2.25. The summed E-state index contributed by atoms with van der Waals surface area (Å²) in [6, 6.07) is 7.05. The zero-order valence-corrected chi connectivity index (χ0v) is 14.4. The fourth-order valence-corrected chi connectivity index (χ4v) is 3.23. The van der Waals surface area contributed by atoms with Crippen molar-refractivity contribution in [3.05, 3.63) is 34.4 Å². The number of hydrogen-bond acceptors (Lipinski definition) is 5. The van der Waals surface area contributed by atoms with Gasteiger partial charge in [0.15, 0.2) is 0 Å². The normalized spacial score (nSPS) is 18.2. The van der Waals surface area contributed by atoms with Crippen molar-refractivity contribution < 1.29 is 9.72 Å². The maximum Gasteiger partial charge on any atom is 0.292 e. The average molecular weight is 346 g/mol. The maximum absolute atomic E-state index is 12.3. The van der Waals surface area contributed by atoms with Crippen LogP contribution in [0.1, 0.15) is 32.1 Å².